The van der Waals surface area contributed by atoms with E-state index < -0.39 is 10.0 Å². The van der Waals surface area contributed by atoms with Crippen molar-refractivity contribution in [2.75, 3.05) is 26.5 Å². The number of carboxylic acid groups (broad SMARTS) is 1. The zero-order chi connectivity index (χ0) is 20.4. The number of benzene rings is 1. The highest BCUT2D eigenvalue weighted by Gasteiger charge is 2.29. The maximum Gasteiger partial charge on any atom is 0.337 e. The Morgan fingerprint density at radius 1 is 1.37 bits per heavy atom. The molecule has 0 unspecified atom stereocenters. The van der Waals surface area contributed by atoms with Crippen molar-refractivity contribution in [3.05, 3.63) is 35.4 Å². The number of esters is 1. The van der Waals surface area contributed by atoms with Crippen LogP contribution < -0.4 is 4.72 Å². The lowest BCUT2D eigenvalue weighted by atomic mass is 9.90. The van der Waals surface area contributed by atoms with Gasteiger partial charge in [0.15, 0.2) is 0 Å². The maximum absolute atomic E-state index is 11.5. The maximum atomic E-state index is 11.5. The van der Waals surface area contributed by atoms with E-state index in [0.29, 0.717) is 11.5 Å². The third-order valence-electron chi connectivity index (χ3n) is 4.49. The Kier molecular flexibility index (Phi) is 9.40. The molecule has 0 bridgehead atoms. The highest BCUT2D eigenvalue weighted by Crippen LogP contribution is 2.22. The Morgan fingerprint density at radius 3 is 2.44 bits per heavy atom. The van der Waals surface area contributed by atoms with Crippen molar-refractivity contribution in [1.29, 1.82) is 0 Å². The highest BCUT2D eigenvalue weighted by molar-refractivity contribution is 7.88. The van der Waals surface area contributed by atoms with Crippen LogP contribution in [0.3, 0.4) is 0 Å². The summed E-state index contributed by atoms with van der Waals surface area (Å²) in [5.41, 5.74) is 1.68. The van der Waals surface area contributed by atoms with Crippen molar-refractivity contribution in [3.8, 4) is 0 Å². The molecule has 2 atom stereocenters. The van der Waals surface area contributed by atoms with Gasteiger partial charge in [0, 0.05) is 25.7 Å². The molecule has 0 saturated carbocycles. The summed E-state index contributed by atoms with van der Waals surface area (Å²) in [6, 6.07) is 7.44. The van der Waals surface area contributed by atoms with Gasteiger partial charge in [-0.3, -0.25) is 9.69 Å². The normalized spacial score (nSPS) is 20.3. The van der Waals surface area contributed by atoms with Gasteiger partial charge in [-0.2, -0.15) is 0 Å². The Morgan fingerprint density at radius 2 is 1.96 bits per heavy atom. The second kappa shape index (κ2) is 11.0. The molecule has 0 spiro atoms. The zero-order valence-corrected chi connectivity index (χ0v) is 16.7. The molecule has 8 nitrogen and oxygen atoms in total. The van der Waals surface area contributed by atoms with Crippen molar-refractivity contribution in [2.45, 2.75) is 32.4 Å². The SMILES string of the molecule is CC[C@@H]1CN(Cc2ccc(C(=O)OC)cc2)CC[C@@H]1NS(C)(=O)=O.O=CO. The number of carbonyl (C=O) groups excluding carboxylic acids is 1. The third kappa shape index (κ3) is 8.06. The molecule has 1 aliphatic rings. The van der Waals surface area contributed by atoms with Gasteiger partial charge in [0.2, 0.25) is 10.0 Å². The van der Waals surface area contributed by atoms with Gasteiger partial charge in [-0.15, -0.1) is 0 Å². The van der Waals surface area contributed by atoms with Crippen LogP contribution in [-0.2, 0) is 26.1 Å². The number of piperidine rings is 1. The predicted octanol–water partition coefficient (Wildman–Crippen LogP) is 1.32. The van der Waals surface area contributed by atoms with Crippen LogP contribution in [0, 0.1) is 5.92 Å². The van der Waals surface area contributed by atoms with Gasteiger partial charge in [-0.05, 0) is 30.0 Å². The number of likely N-dealkylation sites (tertiary alicyclic amines) is 1. The van der Waals surface area contributed by atoms with E-state index in [2.05, 4.69) is 16.5 Å². The lowest BCUT2D eigenvalue weighted by Crippen LogP contribution is -2.50. The Hall–Kier alpha value is -1.97. The molecular formula is C18H28N2O6S. The second-order valence-electron chi connectivity index (χ2n) is 6.48. The molecule has 0 aliphatic carbocycles. The Labute approximate surface area is 160 Å². The van der Waals surface area contributed by atoms with Crippen molar-refractivity contribution in [3.63, 3.8) is 0 Å². The van der Waals surface area contributed by atoms with E-state index in [0.717, 1.165) is 38.0 Å². The van der Waals surface area contributed by atoms with E-state index in [9.17, 15) is 13.2 Å². The lowest BCUT2D eigenvalue weighted by molar-refractivity contribution is -0.122. The van der Waals surface area contributed by atoms with Crippen molar-refractivity contribution in [2.24, 2.45) is 5.92 Å². The zero-order valence-electron chi connectivity index (χ0n) is 15.9. The lowest BCUT2D eigenvalue weighted by Gasteiger charge is -2.38. The quantitative estimate of drug-likeness (QED) is 0.547. The first-order valence-corrected chi connectivity index (χ1v) is 10.6. The summed E-state index contributed by atoms with van der Waals surface area (Å²) in [5, 5.41) is 6.89. The van der Waals surface area contributed by atoms with Crippen LogP contribution in [-0.4, -0.2) is 63.4 Å². The number of nitrogens with one attached hydrogen (secondary N) is 1. The number of ether oxygens (including phenoxy) is 1. The van der Waals surface area contributed by atoms with E-state index in [4.69, 9.17) is 14.6 Å². The smallest absolute Gasteiger partial charge is 0.337 e. The van der Waals surface area contributed by atoms with Crippen LogP contribution in [0.1, 0.15) is 35.7 Å². The molecule has 1 saturated heterocycles. The molecule has 1 aromatic rings. The first-order valence-electron chi connectivity index (χ1n) is 8.68. The molecule has 2 N–H and O–H groups in total. The van der Waals surface area contributed by atoms with Gasteiger partial charge in [0.1, 0.15) is 0 Å². The summed E-state index contributed by atoms with van der Waals surface area (Å²) in [6.07, 6.45) is 2.96. The Bertz CT molecular complexity index is 705. The molecule has 0 radical (unpaired) electrons. The molecule has 27 heavy (non-hydrogen) atoms. The first-order chi connectivity index (χ1) is 12.7. The van der Waals surface area contributed by atoms with E-state index in [1.807, 2.05) is 12.1 Å². The molecule has 1 aromatic carbocycles. The fourth-order valence-electron chi connectivity index (χ4n) is 3.22. The molecule has 1 aliphatic heterocycles. The molecule has 1 heterocycles. The Balaban J connectivity index is 0.00000114. The predicted molar refractivity (Wildman–Crippen MR) is 102 cm³/mol. The average molecular weight is 400 g/mol. The van der Waals surface area contributed by atoms with Gasteiger partial charge in [0.25, 0.3) is 6.47 Å². The van der Waals surface area contributed by atoms with Gasteiger partial charge >= 0.3 is 5.97 Å². The minimum Gasteiger partial charge on any atom is -0.483 e. The minimum atomic E-state index is -3.17. The molecule has 1 fully saturated rings. The van der Waals surface area contributed by atoms with Gasteiger partial charge in [0.05, 0.1) is 18.9 Å². The molecule has 2 rings (SSSR count). The number of rotatable bonds is 6. The summed E-state index contributed by atoms with van der Waals surface area (Å²) in [6.45, 7) is 4.35. The van der Waals surface area contributed by atoms with Gasteiger partial charge < -0.3 is 9.84 Å². The number of sulfonamides is 1. The van der Waals surface area contributed by atoms with Crippen molar-refractivity contribution < 1.29 is 27.9 Å². The summed E-state index contributed by atoms with van der Waals surface area (Å²) < 4.78 is 30.4. The van der Waals surface area contributed by atoms with Gasteiger partial charge in [-0.25, -0.2) is 17.9 Å². The van der Waals surface area contributed by atoms with Crippen molar-refractivity contribution >= 4 is 22.5 Å². The summed E-state index contributed by atoms with van der Waals surface area (Å²) in [4.78, 5) is 22.2. The summed E-state index contributed by atoms with van der Waals surface area (Å²) >= 11 is 0. The monoisotopic (exact) mass is 400 g/mol. The topological polar surface area (TPSA) is 113 Å². The minimum absolute atomic E-state index is 0.0166. The van der Waals surface area contributed by atoms with E-state index in [1.54, 1.807) is 12.1 Å². The second-order valence-corrected chi connectivity index (χ2v) is 8.26. The average Bonchev–Trinajstić information content (AvgIpc) is 2.62. The molecule has 0 aromatic heterocycles. The fourth-order valence-corrected chi connectivity index (χ4v) is 4.08. The number of nitrogens with zero attached hydrogens (tertiary/aromatic N) is 1. The third-order valence-corrected chi connectivity index (χ3v) is 5.22. The summed E-state index contributed by atoms with van der Waals surface area (Å²) in [7, 11) is -1.80. The number of carbonyl (C=O) groups is 2. The van der Waals surface area contributed by atoms with Crippen LogP contribution >= 0.6 is 0 Å². The highest BCUT2D eigenvalue weighted by atomic mass is 32.2. The van der Waals surface area contributed by atoms with Crippen LogP contribution in [0.4, 0.5) is 0 Å². The van der Waals surface area contributed by atoms with Crippen molar-refractivity contribution in [1.82, 2.24) is 9.62 Å². The van der Waals surface area contributed by atoms with Crippen LogP contribution in [0.5, 0.6) is 0 Å². The number of hydrogen-bond acceptors (Lipinski definition) is 6. The molecular weight excluding hydrogens is 372 g/mol. The van der Waals surface area contributed by atoms with Crippen LogP contribution in [0.15, 0.2) is 24.3 Å². The van der Waals surface area contributed by atoms with Crippen LogP contribution in [0.2, 0.25) is 0 Å². The fraction of sp³-hybridized carbons (Fsp3) is 0.556. The molecule has 152 valence electrons. The number of hydrogen-bond donors (Lipinski definition) is 2. The standard InChI is InChI=1S/C17H26N2O4S.CH2O2/c1-4-14-12-19(10-9-16(14)18-24(3,21)22)11-13-5-7-15(8-6-13)17(20)23-2;2-1-3/h5-8,14,16,18H,4,9-12H2,1-3H3;1H,(H,2,3)/t14-,16+;/m1./s1. The largest absolute Gasteiger partial charge is 0.483 e. The van der Waals surface area contributed by atoms with Gasteiger partial charge in [-0.1, -0.05) is 25.5 Å². The number of methoxy groups -OCH3 is 1. The van der Waals surface area contributed by atoms with E-state index in [-0.39, 0.29) is 18.5 Å². The van der Waals surface area contributed by atoms with E-state index in [1.165, 1.54) is 13.4 Å². The molecule has 0 amide bonds. The first kappa shape index (κ1) is 23.1. The van der Waals surface area contributed by atoms with Crippen LogP contribution in [0.25, 0.3) is 0 Å². The van der Waals surface area contributed by atoms with E-state index >= 15 is 0 Å². The summed E-state index contributed by atoms with van der Waals surface area (Å²) in [5.74, 6) is -0.0249. The molecule has 9 heteroatoms.